The second-order valence-corrected chi connectivity index (χ2v) is 15.7. The Morgan fingerprint density at radius 2 is 1.67 bits per heavy atom. The van der Waals surface area contributed by atoms with Crippen LogP contribution in [0, 0.1) is 44.4 Å². The van der Waals surface area contributed by atoms with Crippen LogP contribution < -0.4 is 16.0 Å². The molecule has 0 amide bonds. The molecule has 1 aliphatic carbocycles. The van der Waals surface area contributed by atoms with Crippen LogP contribution in [0.1, 0.15) is 128 Å². The standard InChI is InChI=1S/C44H56N4O6/c1-10-28-24(5)32-19-36-30(21-49)26(7)31(46-36)18-33-25(6)29(14-15-37(50)54-17-16-23(4)13-11-12-22(2)3)41(47-33)39-40(44(52)53-9)43(51)38-27(8)34(48-42(38)39)20-35(28)45-32/h16,18-20,22,25,29,40,45-49H,10-15,17,21H2,1-9H3/b23-16+,32-19-,33-18-,35-20-,41-39-/t25-,29-,40+/m0/s1. The van der Waals surface area contributed by atoms with Gasteiger partial charge in [-0.2, -0.15) is 0 Å². The molecule has 0 aromatic carbocycles. The number of fused-ring (bicyclic) bond motifs is 7. The minimum atomic E-state index is -1.16. The molecular weight excluding hydrogens is 681 g/mol. The third kappa shape index (κ3) is 7.20. The van der Waals surface area contributed by atoms with Crippen molar-refractivity contribution in [2.45, 2.75) is 101 Å². The van der Waals surface area contributed by atoms with Gasteiger partial charge in [0.15, 0.2) is 5.78 Å². The molecule has 5 heterocycles. The minimum Gasteiger partial charge on any atom is -0.468 e. The van der Waals surface area contributed by atoms with Gasteiger partial charge in [0.05, 0.1) is 19.4 Å². The first-order valence-corrected chi connectivity index (χ1v) is 19.4. The summed E-state index contributed by atoms with van der Waals surface area (Å²) in [5.41, 5.74) is 11.6. The summed E-state index contributed by atoms with van der Waals surface area (Å²) in [6.45, 7) is 16.8. The molecule has 0 spiro atoms. The van der Waals surface area contributed by atoms with Gasteiger partial charge in [-0.25, -0.2) is 0 Å². The van der Waals surface area contributed by atoms with Crippen LogP contribution in [0.5, 0.6) is 0 Å². The van der Waals surface area contributed by atoms with Gasteiger partial charge >= 0.3 is 11.9 Å². The highest BCUT2D eigenvalue weighted by atomic mass is 16.5. The fraction of sp³-hybridized carbons (Fsp3) is 0.477. The number of carbonyl (C=O) groups is 3. The van der Waals surface area contributed by atoms with E-state index in [1.807, 2.05) is 32.1 Å². The molecule has 54 heavy (non-hydrogen) atoms. The Kier molecular flexibility index (Phi) is 11.4. The summed E-state index contributed by atoms with van der Waals surface area (Å²) in [5.74, 6) is -2.09. The van der Waals surface area contributed by atoms with E-state index in [4.69, 9.17) is 9.47 Å². The maximum absolute atomic E-state index is 14.3. The van der Waals surface area contributed by atoms with Crippen LogP contribution in [0.2, 0.25) is 0 Å². The van der Waals surface area contributed by atoms with E-state index in [2.05, 4.69) is 67.9 Å². The first-order valence-electron chi connectivity index (χ1n) is 19.4. The quantitative estimate of drug-likeness (QED) is 0.0832. The van der Waals surface area contributed by atoms with E-state index < -0.39 is 11.9 Å². The Bertz CT molecular complexity index is 2200. The van der Waals surface area contributed by atoms with Crippen molar-refractivity contribution in [3.8, 4) is 0 Å². The Morgan fingerprint density at radius 3 is 2.35 bits per heavy atom. The third-order valence-electron chi connectivity index (χ3n) is 11.8. The molecule has 1 fully saturated rings. The van der Waals surface area contributed by atoms with Crippen LogP contribution in [-0.4, -0.2) is 51.5 Å². The average Bonchev–Trinajstić information content (AvgIpc) is 3.87. The number of Topliss-reactive ketones (excluding diaryl/α,β-unsaturated/α-hetero) is 1. The Labute approximate surface area is 317 Å². The van der Waals surface area contributed by atoms with Gasteiger partial charge in [-0.05, 0) is 106 Å². The molecule has 3 aliphatic rings. The number of H-pyrrole nitrogens is 3. The Morgan fingerprint density at radius 1 is 0.944 bits per heavy atom. The number of aromatic nitrogens is 3. The van der Waals surface area contributed by atoms with Gasteiger partial charge < -0.3 is 34.8 Å². The van der Waals surface area contributed by atoms with E-state index in [-0.39, 0.29) is 43.2 Å². The molecule has 3 atom stereocenters. The van der Waals surface area contributed by atoms with Crippen LogP contribution >= 0.6 is 0 Å². The topological polar surface area (TPSA) is 149 Å². The predicted octanol–water partition coefficient (Wildman–Crippen LogP) is 6.31. The number of ketones is 1. The fourth-order valence-electron chi connectivity index (χ4n) is 8.49. The van der Waals surface area contributed by atoms with Crippen LogP contribution in [0.4, 0.5) is 0 Å². The zero-order valence-corrected chi connectivity index (χ0v) is 33.3. The zero-order valence-electron chi connectivity index (χ0n) is 33.3. The summed E-state index contributed by atoms with van der Waals surface area (Å²) >= 11 is 0. The number of ether oxygens (including phenoxy) is 2. The summed E-state index contributed by atoms with van der Waals surface area (Å²) < 4.78 is 10.9. The molecule has 0 saturated carbocycles. The van der Waals surface area contributed by atoms with E-state index in [9.17, 15) is 19.5 Å². The van der Waals surface area contributed by atoms with Crippen molar-refractivity contribution in [3.63, 3.8) is 0 Å². The molecule has 10 heteroatoms. The fourth-order valence-corrected chi connectivity index (χ4v) is 8.49. The van der Waals surface area contributed by atoms with E-state index in [1.165, 1.54) is 12.7 Å². The summed E-state index contributed by atoms with van der Waals surface area (Å²) in [7, 11) is 1.30. The second-order valence-electron chi connectivity index (χ2n) is 15.7. The maximum Gasteiger partial charge on any atom is 0.321 e. The lowest BCUT2D eigenvalue weighted by Crippen LogP contribution is -2.25. The number of rotatable bonds is 12. The number of hydrogen-bond donors (Lipinski definition) is 5. The molecule has 5 N–H and O–H groups in total. The number of aliphatic hydroxyl groups is 1. The predicted molar refractivity (Wildman–Crippen MR) is 211 cm³/mol. The molecule has 3 aromatic rings. The number of esters is 2. The van der Waals surface area contributed by atoms with Crippen LogP contribution in [0.25, 0.3) is 23.8 Å². The molecule has 0 unspecified atom stereocenters. The molecule has 6 rings (SSSR count). The second kappa shape index (κ2) is 15.9. The lowest BCUT2D eigenvalue weighted by molar-refractivity contribution is -0.143. The highest BCUT2D eigenvalue weighted by molar-refractivity contribution is 6.24. The van der Waals surface area contributed by atoms with E-state index in [0.29, 0.717) is 29.2 Å². The number of nitrogens with one attached hydrogen (secondary N) is 4. The molecule has 8 bridgehead atoms. The normalized spacial score (nSPS) is 22.7. The van der Waals surface area contributed by atoms with E-state index in [1.54, 1.807) is 0 Å². The molecule has 1 saturated heterocycles. The van der Waals surface area contributed by atoms with Crippen molar-refractivity contribution >= 4 is 41.5 Å². The largest absolute Gasteiger partial charge is 0.468 e. The highest BCUT2D eigenvalue weighted by Gasteiger charge is 2.48. The van der Waals surface area contributed by atoms with Crippen LogP contribution in [0.3, 0.4) is 0 Å². The number of aliphatic hydroxyl groups excluding tert-OH is 1. The van der Waals surface area contributed by atoms with Crippen LogP contribution in [0.15, 0.2) is 23.0 Å². The van der Waals surface area contributed by atoms with Crippen molar-refractivity contribution in [3.05, 3.63) is 89.9 Å². The van der Waals surface area contributed by atoms with E-state index >= 15 is 0 Å². The van der Waals surface area contributed by atoms with Gasteiger partial charge in [0.25, 0.3) is 0 Å². The lowest BCUT2D eigenvalue weighted by Gasteiger charge is -2.19. The monoisotopic (exact) mass is 736 g/mol. The molecule has 10 nitrogen and oxygen atoms in total. The van der Waals surface area contributed by atoms with Crippen molar-refractivity contribution in [1.29, 1.82) is 0 Å². The van der Waals surface area contributed by atoms with Crippen molar-refractivity contribution < 1.29 is 29.0 Å². The van der Waals surface area contributed by atoms with Gasteiger partial charge in [0.1, 0.15) is 12.5 Å². The smallest absolute Gasteiger partial charge is 0.321 e. The number of allylic oxidation sites excluding steroid dienone is 3. The number of methoxy groups -OCH3 is 1. The summed E-state index contributed by atoms with van der Waals surface area (Å²) in [6.07, 6.45) is 12.8. The minimum absolute atomic E-state index is 0.119. The maximum atomic E-state index is 14.3. The van der Waals surface area contributed by atoms with Crippen molar-refractivity contribution in [1.82, 2.24) is 20.3 Å². The third-order valence-corrected chi connectivity index (χ3v) is 11.8. The molecule has 288 valence electrons. The number of aromatic amines is 3. The van der Waals surface area contributed by atoms with E-state index in [0.717, 1.165) is 92.7 Å². The average molecular weight is 737 g/mol. The van der Waals surface area contributed by atoms with Gasteiger partial charge in [-0.15, -0.1) is 0 Å². The molecule has 3 aromatic heterocycles. The Balaban J connectivity index is 1.47. The van der Waals surface area contributed by atoms with Crippen molar-refractivity contribution in [2.24, 2.45) is 23.7 Å². The van der Waals surface area contributed by atoms with Gasteiger partial charge in [0, 0.05) is 74.1 Å². The summed E-state index contributed by atoms with van der Waals surface area (Å²) in [4.78, 5) is 51.7. The first kappa shape index (κ1) is 38.9. The first-order chi connectivity index (χ1) is 25.8. The lowest BCUT2D eigenvalue weighted by atomic mass is 9.85. The Hall–Kier alpha value is -4.83. The molecule has 2 aliphatic heterocycles. The van der Waals surface area contributed by atoms with Crippen molar-refractivity contribution in [2.75, 3.05) is 13.7 Å². The number of carbonyl (C=O) groups excluding carboxylic acids is 3. The molecular formula is C44H56N4O6. The highest BCUT2D eigenvalue weighted by Crippen LogP contribution is 2.48. The van der Waals surface area contributed by atoms with Gasteiger partial charge in [0.2, 0.25) is 0 Å². The SMILES string of the molecule is CCc1c(C)/c2[nH]/c1=C\c1[nH]c3c(c1C)C(=O)[C@H](C(=O)OC)/C3=C1/N/C(=C\c3[nH]c(c(CO)c3C)\C=2)[C@@H](C)[C@@H]1CCC(=O)OC/C=C(\C)CCCC(C)C. The summed E-state index contributed by atoms with van der Waals surface area (Å²) in [5, 5.41) is 16.0. The zero-order chi connectivity index (χ0) is 39.0. The summed E-state index contributed by atoms with van der Waals surface area (Å²) in [6, 6.07) is 0. The number of hydrogen-bond acceptors (Lipinski definition) is 7. The molecule has 0 radical (unpaired) electrons. The van der Waals surface area contributed by atoms with Gasteiger partial charge in [-0.3, -0.25) is 14.4 Å². The van der Waals surface area contributed by atoms with Gasteiger partial charge in [-0.1, -0.05) is 39.7 Å². The van der Waals surface area contributed by atoms with Crippen LogP contribution in [-0.2, 0) is 32.1 Å².